The molecule has 0 saturated heterocycles. The Hall–Kier alpha value is -4.24. The fourth-order valence-corrected chi connectivity index (χ4v) is 3.31. The smallest absolute Gasteiger partial charge is 0.271 e. The highest BCUT2D eigenvalue weighted by molar-refractivity contribution is 6.30. The molecule has 9 nitrogen and oxygen atoms in total. The Bertz CT molecular complexity index is 1250. The van der Waals surface area contributed by atoms with Crippen molar-refractivity contribution in [2.75, 3.05) is 32.2 Å². The molecule has 3 rings (SSSR count). The second-order valence-corrected chi connectivity index (χ2v) is 7.92. The van der Waals surface area contributed by atoms with E-state index < -0.39 is 5.91 Å². The van der Waals surface area contributed by atoms with Gasteiger partial charge in [0.1, 0.15) is 0 Å². The number of carbonyl (C=O) groups is 2. The average molecular weight is 526 g/mol. The summed E-state index contributed by atoms with van der Waals surface area (Å²) >= 11 is 5.86. The Morgan fingerprint density at radius 3 is 2.22 bits per heavy atom. The predicted molar refractivity (Wildman–Crippen MR) is 142 cm³/mol. The third-order valence-corrected chi connectivity index (χ3v) is 5.11. The summed E-state index contributed by atoms with van der Waals surface area (Å²) in [7, 11) is 1.53. The molecule has 0 radical (unpaired) electrons. The van der Waals surface area contributed by atoms with Gasteiger partial charge in [0, 0.05) is 16.3 Å². The van der Waals surface area contributed by atoms with Crippen LogP contribution >= 0.6 is 11.6 Å². The second kappa shape index (κ2) is 13.7. The molecule has 0 aliphatic rings. The Balaban J connectivity index is 1.61. The van der Waals surface area contributed by atoms with E-state index in [0.29, 0.717) is 58.0 Å². The van der Waals surface area contributed by atoms with Crippen molar-refractivity contribution in [3.8, 4) is 23.0 Å². The number of hydrogen-bond donors (Lipinski definition) is 2. The van der Waals surface area contributed by atoms with Crippen LogP contribution in [-0.2, 0) is 4.79 Å². The van der Waals surface area contributed by atoms with Crippen molar-refractivity contribution >= 4 is 35.3 Å². The summed E-state index contributed by atoms with van der Waals surface area (Å²) in [5.41, 5.74) is 4.13. The molecule has 0 aliphatic carbocycles. The molecular formula is C27H28ClN3O6. The monoisotopic (exact) mass is 525 g/mol. The molecule has 0 unspecified atom stereocenters. The van der Waals surface area contributed by atoms with Gasteiger partial charge in [-0.1, -0.05) is 11.6 Å². The molecule has 194 valence electrons. The SMILES string of the molecule is CCOc1cc(C(=O)N/N=C/c2ccc(OCC(=O)Nc3ccc(Cl)cc3)c(OCC)c2)ccc1OC. The molecule has 3 aromatic rings. The lowest BCUT2D eigenvalue weighted by molar-refractivity contribution is -0.118. The summed E-state index contributed by atoms with van der Waals surface area (Å²) in [6.45, 7) is 4.30. The van der Waals surface area contributed by atoms with Gasteiger partial charge in [0.25, 0.3) is 11.8 Å². The highest BCUT2D eigenvalue weighted by atomic mass is 35.5. The molecule has 0 bridgehead atoms. The van der Waals surface area contributed by atoms with Crippen molar-refractivity contribution in [1.29, 1.82) is 0 Å². The summed E-state index contributed by atoms with van der Waals surface area (Å²) in [5, 5.41) is 7.34. The van der Waals surface area contributed by atoms with Crippen LogP contribution in [0.3, 0.4) is 0 Å². The molecule has 0 atom stereocenters. The quantitative estimate of drug-likeness (QED) is 0.256. The summed E-state index contributed by atoms with van der Waals surface area (Å²) in [6.07, 6.45) is 1.48. The highest BCUT2D eigenvalue weighted by Crippen LogP contribution is 2.29. The zero-order valence-electron chi connectivity index (χ0n) is 20.7. The second-order valence-electron chi connectivity index (χ2n) is 7.48. The number of rotatable bonds is 12. The van der Waals surface area contributed by atoms with E-state index in [2.05, 4.69) is 15.8 Å². The van der Waals surface area contributed by atoms with Gasteiger partial charge >= 0.3 is 0 Å². The molecular weight excluding hydrogens is 498 g/mol. The summed E-state index contributed by atoms with van der Waals surface area (Å²) < 4.78 is 22.1. The number of amides is 2. The van der Waals surface area contributed by atoms with E-state index in [9.17, 15) is 9.59 Å². The number of benzene rings is 3. The number of nitrogens with zero attached hydrogens (tertiary/aromatic N) is 1. The van der Waals surface area contributed by atoms with Crippen molar-refractivity contribution in [2.45, 2.75) is 13.8 Å². The summed E-state index contributed by atoms with van der Waals surface area (Å²) in [4.78, 5) is 24.7. The largest absolute Gasteiger partial charge is 0.493 e. The van der Waals surface area contributed by atoms with E-state index in [1.807, 2.05) is 13.8 Å². The van der Waals surface area contributed by atoms with Crippen LogP contribution in [0, 0.1) is 0 Å². The van der Waals surface area contributed by atoms with Gasteiger partial charge in [0.15, 0.2) is 29.6 Å². The van der Waals surface area contributed by atoms with Crippen LogP contribution in [-0.4, -0.2) is 45.0 Å². The molecule has 0 aliphatic heterocycles. The maximum absolute atomic E-state index is 12.5. The number of carbonyl (C=O) groups excluding carboxylic acids is 2. The first kappa shape index (κ1) is 27.3. The number of anilines is 1. The van der Waals surface area contributed by atoms with Gasteiger partial charge in [0.2, 0.25) is 0 Å². The minimum atomic E-state index is -0.406. The molecule has 0 spiro atoms. The van der Waals surface area contributed by atoms with Crippen molar-refractivity contribution in [3.05, 3.63) is 76.8 Å². The number of ether oxygens (including phenoxy) is 4. The standard InChI is InChI=1S/C27H28ClN3O6/c1-4-35-24-14-18(6-12-23(24)37-17-26(32)30-21-10-8-20(28)9-11-21)16-29-31-27(33)19-7-13-22(34-3)25(15-19)36-5-2/h6-16H,4-5,17H2,1-3H3,(H,30,32)(H,31,33)/b29-16+. The fourth-order valence-electron chi connectivity index (χ4n) is 3.18. The number of halogens is 1. The van der Waals surface area contributed by atoms with Gasteiger partial charge in [-0.3, -0.25) is 9.59 Å². The normalized spacial score (nSPS) is 10.6. The van der Waals surface area contributed by atoms with Crippen LogP contribution in [0.1, 0.15) is 29.8 Å². The van der Waals surface area contributed by atoms with Crippen molar-refractivity contribution in [1.82, 2.24) is 5.43 Å². The lowest BCUT2D eigenvalue weighted by Gasteiger charge is -2.13. The van der Waals surface area contributed by atoms with Crippen LogP contribution < -0.4 is 29.7 Å². The minimum Gasteiger partial charge on any atom is -0.493 e. The van der Waals surface area contributed by atoms with Gasteiger partial charge in [-0.05, 0) is 80.1 Å². The van der Waals surface area contributed by atoms with E-state index >= 15 is 0 Å². The van der Waals surface area contributed by atoms with Crippen LogP contribution in [0.4, 0.5) is 5.69 Å². The lowest BCUT2D eigenvalue weighted by Crippen LogP contribution is -2.20. The zero-order chi connectivity index (χ0) is 26.6. The number of hydrogen-bond acceptors (Lipinski definition) is 7. The molecule has 0 fully saturated rings. The zero-order valence-corrected chi connectivity index (χ0v) is 21.5. The van der Waals surface area contributed by atoms with Crippen molar-refractivity contribution in [3.63, 3.8) is 0 Å². The molecule has 2 amide bonds. The Morgan fingerprint density at radius 1 is 0.865 bits per heavy atom. The molecule has 0 saturated carbocycles. The maximum Gasteiger partial charge on any atom is 0.271 e. The van der Waals surface area contributed by atoms with E-state index in [-0.39, 0.29) is 12.5 Å². The van der Waals surface area contributed by atoms with E-state index in [4.69, 9.17) is 30.5 Å². The van der Waals surface area contributed by atoms with Gasteiger partial charge in [-0.25, -0.2) is 5.43 Å². The number of nitrogens with one attached hydrogen (secondary N) is 2. The Kier molecular flexibility index (Phi) is 10.2. The minimum absolute atomic E-state index is 0.211. The van der Waals surface area contributed by atoms with Crippen molar-refractivity contribution in [2.24, 2.45) is 5.10 Å². The van der Waals surface area contributed by atoms with E-state index in [1.54, 1.807) is 60.7 Å². The van der Waals surface area contributed by atoms with Crippen LogP contribution in [0.15, 0.2) is 65.8 Å². The number of hydrazone groups is 1. The van der Waals surface area contributed by atoms with E-state index in [0.717, 1.165) is 0 Å². The van der Waals surface area contributed by atoms with Crippen LogP contribution in [0.5, 0.6) is 23.0 Å². The molecule has 2 N–H and O–H groups in total. The first-order chi connectivity index (χ1) is 17.9. The van der Waals surface area contributed by atoms with Crippen LogP contribution in [0.25, 0.3) is 0 Å². The summed E-state index contributed by atoms with van der Waals surface area (Å²) in [6, 6.07) is 16.7. The van der Waals surface area contributed by atoms with Crippen molar-refractivity contribution < 1.29 is 28.5 Å². The third kappa shape index (κ3) is 8.15. The maximum atomic E-state index is 12.5. The number of methoxy groups -OCH3 is 1. The topological polar surface area (TPSA) is 107 Å². The lowest BCUT2D eigenvalue weighted by atomic mass is 10.2. The Labute approximate surface area is 220 Å². The molecule has 0 heterocycles. The first-order valence-electron chi connectivity index (χ1n) is 11.5. The highest BCUT2D eigenvalue weighted by Gasteiger charge is 2.12. The van der Waals surface area contributed by atoms with E-state index in [1.165, 1.54) is 13.3 Å². The third-order valence-electron chi connectivity index (χ3n) is 4.86. The molecule has 3 aromatic carbocycles. The first-order valence-corrected chi connectivity index (χ1v) is 11.9. The summed E-state index contributed by atoms with van der Waals surface area (Å²) in [5.74, 6) is 1.11. The fraction of sp³-hybridized carbons (Fsp3) is 0.222. The Morgan fingerprint density at radius 2 is 1.54 bits per heavy atom. The van der Waals surface area contributed by atoms with Gasteiger partial charge in [-0.15, -0.1) is 0 Å². The molecule has 10 heteroatoms. The van der Waals surface area contributed by atoms with Gasteiger partial charge in [-0.2, -0.15) is 5.10 Å². The average Bonchev–Trinajstić information content (AvgIpc) is 2.90. The van der Waals surface area contributed by atoms with Gasteiger partial charge < -0.3 is 24.3 Å². The van der Waals surface area contributed by atoms with Gasteiger partial charge in [0.05, 0.1) is 26.5 Å². The molecule has 37 heavy (non-hydrogen) atoms. The molecule has 0 aromatic heterocycles. The van der Waals surface area contributed by atoms with Crippen LogP contribution in [0.2, 0.25) is 5.02 Å². The predicted octanol–water partition coefficient (Wildman–Crippen LogP) is 4.93.